The van der Waals surface area contributed by atoms with Crippen LogP contribution in [0.3, 0.4) is 0 Å². The Morgan fingerprint density at radius 1 is 1.11 bits per heavy atom. The highest BCUT2D eigenvalue weighted by atomic mass is 32.2. The molecule has 2 aliphatic heterocycles. The third-order valence-corrected chi connectivity index (χ3v) is 7.49. The summed E-state index contributed by atoms with van der Waals surface area (Å²) in [6, 6.07) is 5.46. The van der Waals surface area contributed by atoms with Crippen LogP contribution in [0.1, 0.15) is 44.7 Å². The van der Waals surface area contributed by atoms with Crippen molar-refractivity contribution in [3.63, 3.8) is 0 Å². The lowest BCUT2D eigenvalue weighted by Crippen LogP contribution is -2.62. The molecule has 0 aromatic heterocycles. The molecular weight excluding hydrogens is 364 g/mol. The summed E-state index contributed by atoms with van der Waals surface area (Å²) in [5.41, 5.74) is 1.38. The second-order valence-corrected chi connectivity index (χ2v) is 10.9. The molecule has 1 aromatic rings. The molecule has 6 nitrogen and oxygen atoms in total. The molecular formula is C20H30N2O4S. The number of hydrogen-bond acceptors (Lipinski definition) is 4. The third-order valence-electron chi connectivity index (χ3n) is 5.44. The van der Waals surface area contributed by atoms with Gasteiger partial charge < -0.3 is 9.64 Å². The van der Waals surface area contributed by atoms with E-state index in [1.165, 1.54) is 0 Å². The molecule has 3 rings (SSSR count). The fourth-order valence-electron chi connectivity index (χ4n) is 3.96. The molecule has 0 saturated carbocycles. The van der Waals surface area contributed by atoms with Crippen LogP contribution in [0.15, 0.2) is 23.1 Å². The van der Waals surface area contributed by atoms with Crippen molar-refractivity contribution in [1.82, 2.24) is 9.21 Å². The average Bonchev–Trinajstić information content (AvgIpc) is 2.50. The molecule has 2 heterocycles. The van der Waals surface area contributed by atoms with Gasteiger partial charge in [0.05, 0.1) is 4.90 Å². The summed E-state index contributed by atoms with van der Waals surface area (Å²) in [7, 11) is -3.47. The van der Waals surface area contributed by atoms with E-state index in [9.17, 15) is 13.2 Å². The number of ether oxygens (including phenoxy) is 1. The van der Waals surface area contributed by atoms with Gasteiger partial charge in [0, 0.05) is 31.6 Å². The zero-order chi connectivity index (χ0) is 20.0. The minimum absolute atomic E-state index is 0.0330. The molecule has 0 bridgehead atoms. The van der Waals surface area contributed by atoms with Crippen molar-refractivity contribution >= 4 is 16.1 Å². The Morgan fingerprint density at radius 2 is 1.70 bits per heavy atom. The molecule has 0 atom stereocenters. The number of sulfonamides is 1. The molecule has 0 aliphatic carbocycles. The van der Waals surface area contributed by atoms with E-state index < -0.39 is 15.6 Å². The van der Waals surface area contributed by atoms with Gasteiger partial charge in [0.15, 0.2) is 0 Å². The lowest BCUT2D eigenvalue weighted by atomic mass is 9.72. The number of benzene rings is 1. The van der Waals surface area contributed by atoms with Crippen molar-refractivity contribution < 1.29 is 17.9 Å². The van der Waals surface area contributed by atoms with Crippen molar-refractivity contribution in [2.75, 3.05) is 26.2 Å². The van der Waals surface area contributed by atoms with Crippen LogP contribution in [-0.2, 0) is 14.8 Å². The number of carbonyl (C=O) groups excluding carboxylic acids is 1. The van der Waals surface area contributed by atoms with Gasteiger partial charge in [0.25, 0.3) is 0 Å². The molecule has 0 unspecified atom stereocenters. The normalized spacial score (nSPS) is 20.4. The third kappa shape index (κ3) is 4.14. The quantitative estimate of drug-likeness (QED) is 0.772. The van der Waals surface area contributed by atoms with E-state index in [2.05, 4.69) is 0 Å². The summed E-state index contributed by atoms with van der Waals surface area (Å²) in [5, 5.41) is 0. The number of likely N-dealkylation sites (tertiary alicyclic amines) is 1. The number of rotatable bonds is 2. The van der Waals surface area contributed by atoms with Crippen molar-refractivity contribution in [3.05, 3.63) is 29.3 Å². The van der Waals surface area contributed by atoms with Crippen molar-refractivity contribution in [1.29, 1.82) is 0 Å². The summed E-state index contributed by atoms with van der Waals surface area (Å²) in [5.74, 6) is 0. The van der Waals surface area contributed by atoms with E-state index in [1.807, 2.05) is 46.8 Å². The molecule has 150 valence electrons. The molecule has 0 radical (unpaired) electrons. The topological polar surface area (TPSA) is 66.9 Å². The largest absolute Gasteiger partial charge is 0.444 e. The number of amides is 1. The van der Waals surface area contributed by atoms with Gasteiger partial charge >= 0.3 is 6.09 Å². The maximum atomic E-state index is 13.0. The molecule has 7 heteroatoms. The first-order valence-electron chi connectivity index (χ1n) is 9.47. The highest BCUT2D eigenvalue weighted by Crippen LogP contribution is 2.42. The van der Waals surface area contributed by atoms with Gasteiger partial charge in [-0.3, -0.25) is 0 Å². The molecule has 1 aromatic carbocycles. The van der Waals surface area contributed by atoms with Gasteiger partial charge in [0.1, 0.15) is 5.60 Å². The van der Waals surface area contributed by atoms with Crippen molar-refractivity contribution in [2.45, 2.75) is 58.0 Å². The summed E-state index contributed by atoms with van der Waals surface area (Å²) in [6.07, 6.45) is 1.27. The minimum atomic E-state index is -3.47. The molecule has 0 N–H and O–H groups in total. The first-order valence-corrected chi connectivity index (χ1v) is 10.9. The van der Waals surface area contributed by atoms with E-state index in [1.54, 1.807) is 15.3 Å². The molecule has 2 aliphatic rings. The molecule has 2 saturated heterocycles. The van der Waals surface area contributed by atoms with Gasteiger partial charge in [-0.1, -0.05) is 17.7 Å². The van der Waals surface area contributed by atoms with Gasteiger partial charge in [-0.2, -0.15) is 4.31 Å². The van der Waals surface area contributed by atoms with E-state index in [-0.39, 0.29) is 11.5 Å². The zero-order valence-electron chi connectivity index (χ0n) is 16.9. The smallest absolute Gasteiger partial charge is 0.410 e. The highest BCUT2D eigenvalue weighted by Gasteiger charge is 2.49. The molecule has 1 spiro atoms. The number of carbonyl (C=O) groups is 1. The minimum Gasteiger partial charge on any atom is -0.444 e. The first kappa shape index (κ1) is 20.1. The number of piperidine rings is 1. The Kier molecular flexibility index (Phi) is 5.06. The molecule has 27 heavy (non-hydrogen) atoms. The van der Waals surface area contributed by atoms with E-state index in [0.717, 1.165) is 24.0 Å². The lowest BCUT2D eigenvalue weighted by molar-refractivity contribution is -0.0521. The van der Waals surface area contributed by atoms with E-state index in [0.29, 0.717) is 31.1 Å². The van der Waals surface area contributed by atoms with Crippen molar-refractivity contribution in [3.8, 4) is 0 Å². The Bertz CT molecular complexity index is 826. The maximum Gasteiger partial charge on any atom is 0.410 e. The van der Waals surface area contributed by atoms with Crippen molar-refractivity contribution in [2.24, 2.45) is 5.41 Å². The Morgan fingerprint density at radius 3 is 2.22 bits per heavy atom. The van der Waals surface area contributed by atoms with Gasteiger partial charge in [-0.25, -0.2) is 13.2 Å². The number of nitrogens with zero attached hydrogens (tertiary/aromatic N) is 2. The van der Waals surface area contributed by atoms with Crippen LogP contribution in [0.25, 0.3) is 0 Å². The predicted octanol–water partition coefficient (Wildman–Crippen LogP) is 3.33. The second kappa shape index (κ2) is 6.78. The highest BCUT2D eigenvalue weighted by molar-refractivity contribution is 7.89. The zero-order valence-corrected chi connectivity index (χ0v) is 17.7. The van der Waals surface area contributed by atoms with Crippen LogP contribution < -0.4 is 0 Å². The molecule has 2 fully saturated rings. The SMILES string of the molecule is Cc1ccc(S(=O)(=O)N2CCC3(CC2)CN(C(=O)OC(C)(C)C)C3)c(C)c1. The summed E-state index contributed by atoms with van der Waals surface area (Å²) < 4.78 is 33.0. The lowest BCUT2D eigenvalue weighted by Gasteiger charge is -2.53. The van der Waals surface area contributed by atoms with Crippen LogP contribution in [0, 0.1) is 19.3 Å². The first-order chi connectivity index (χ1) is 12.4. The second-order valence-electron chi connectivity index (χ2n) is 9.01. The Balaban J connectivity index is 1.61. The standard InChI is InChI=1S/C20H30N2O4S/c1-15-6-7-17(16(2)12-15)27(24,25)22-10-8-20(9-11-22)13-21(14-20)18(23)26-19(3,4)5/h6-7,12H,8-11,13-14H2,1-5H3. The monoisotopic (exact) mass is 394 g/mol. The Hall–Kier alpha value is -1.60. The predicted molar refractivity (Wildman–Crippen MR) is 104 cm³/mol. The number of aryl methyl sites for hydroxylation is 2. The van der Waals surface area contributed by atoms with Crippen LogP contribution >= 0.6 is 0 Å². The Labute approximate surface area is 162 Å². The molecule has 1 amide bonds. The fraction of sp³-hybridized carbons (Fsp3) is 0.650. The summed E-state index contributed by atoms with van der Waals surface area (Å²) in [6.45, 7) is 11.7. The number of hydrogen-bond donors (Lipinski definition) is 0. The summed E-state index contributed by atoms with van der Waals surface area (Å²) in [4.78, 5) is 14.3. The maximum absolute atomic E-state index is 13.0. The van der Waals surface area contributed by atoms with Crippen LogP contribution in [0.2, 0.25) is 0 Å². The summed E-state index contributed by atoms with van der Waals surface area (Å²) >= 11 is 0. The van der Waals surface area contributed by atoms with E-state index >= 15 is 0 Å². The average molecular weight is 395 g/mol. The van der Waals surface area contributed by atoms with Gasteiger partial charge in [-0.15, -0.1) is 0 Å². The van der Waals surface area contributed by atoms with Crippen LogP contribution in [-0.4, -0.2) is 55.5 Å². The van der Waals surface area contributed by atoms with E-state index in [4.69, 9.17) is 4.74 Å². The van der Waals surface area contributed by atoms with Gasteiger partial charge in [0.2, 0.25) is 10.0 Å². The van der Waals surface area contributed by atoms with Gasteiger partial charge in [-0.05, 0) is 59.1 Å². The van der Waals surface area contributed by atoms with Crippen LogP contribution in [0.5, 0.6) is 0 Å². The fourth-order valence-corrected chi connectivity index (χ4v) is 5.61. The van der Waals surface area contributed by atoms with Crippen LogP contribution in [0.4, 0.5) is 4.79 Å².